The minimum Gasteiger partial charge on any atom is -0.312 e. The third-order valence-electron chi connectivity index (χ3n) is 5.18. The maximum absolute atomic E-state index is 13.2. The fourth-order valence-corrected chi connectivity index (χ4v) is 4.98. The van der Waals surface area contributed by atoms with E-state index in [2.05, 4.69) is 4.72 Å². The highest BCUT2D eigenvalue weighted by molar-refractivity contribution is 7.89. The second kappa shape index (κ2) is 7.81. The Morgan fingerprint density at radius 1 is 0.931 bits per heavy atom. The van der Waals surface area contributed by atoms with Gasteiger partial charge in [-0.05, 0) is 41.3 Å². The number of hydrogen-bond acceptors (Lipinski definition) is 3. The molecule has 0 spiro atoms. The molecule has 3 aromatic rings. The van der Waals surface area contributed by atoms with Crippen LogP contribution in [-0.2, 0) is 21.2 Å². The predicted molar refractivity (Wildman–Crippen MR) is 113 cm³/mol. The zero-order chi connectivity index (χ0) is 20.4. The van der Waals surface area contributed by atoms with E-state index in [4.69, 9.17) is 0 Å². The molecule has 0 atom stereocenters. The summed E-state index contributed by atoms with van der Waals surface area (Å²) in [6.45, 7) is 2.10. The molecule has 1 amide bonds. The minimum atomic E-state index is -3.77. The van der Waals surface area contributed by atoms with Crippen molar-refractivity contribution < 1.29 is 13.2 Å². The van der Waals surface area contributed by atoms with Crippen molar-refractivity contribution in [3.8, 4) is 0 Å². The summed E-state index contributed by atoms with van der Waals surface area (Å²) in [6, 6.07) is 23.5. The second-order valence-electron chi connectivity index (χ2n) is 7.09. The van der Waals surface area contributed by atoms with Crippen molar-refractivity contribution in [3.05, 3.63) is 95.6 Å². The van der Waals surface area contributed by atoms with Crippen molar-refractivity contribution >= 4 is 21.6 Å². The number of nitrogens with one attached hydrogen (secondary N) is 1. The van der Waals surface area contributed by atoms with Crippen molar-refractivity contribution in [1.82, 2.24) is 4.72 Å². The van der Waals surface area contributed by atoms with E-state index in [1.54, 1.807) is 23.1 Å². The molecule has 0 saturated carbocycles. The van der Waals surface area contributed by atoms with Crippen LogP contribution in [0.1, 0.15) is 29.7 Å². The van der Waals surface area contributed by atoms with Crippen molar-refractivity contribution in [2.75, 3.05) is 11.4 Å². The molecule has 0 radical (unpaired) electrons. The van der Waals surface area contributed by atoms with Gasteiger partial charge in [0.1, 0.15) is 0 Å². The van der Waals surface area contributed by atoms with Gasteiger partial charge in [0, 0.05) is 19.2 Å². The van der Waals surface area contributed by atoms with E-state index in [-0.39, 0.29) is 10.8 Å². The molecular formula is C23H22N2O3S. The van der Waals surface area contributed by atoms with Crippen LogP contribution in [-0.4, -0.2) is 20.9 Å². The number of rotatable bonds is 5. The first-order valence-corrected chi connectivity index (χ1v) is 11.0. The van der Waals surface area contributed by atoms with Gasteiger partial charge in [0.05, 0.1) is 10.9 Å². The molecule has 4 rings (SSSR count). The third kappa shape index (κ3) is 3.95. The first kappa shape index (κ1) is 19.4. The largest absolute Gasteiger partial charge is 0.312 e. The van der Waals surface area contributed by atoms with E-state index in [0.717, 1.165) is 22.4 Å². The maximum Gasteiger partial charge on any atom is 0.241 e. The van der Waals surface area contributed by atoms with Crippen molar-refractivity contribution in [2.24, 2.45) is 0 Å². The van der Waals surface area contributed by atoms with Gasteiger partial charge in [-0.25, -0.2) is 8.42 Å². The highest BCUT2D eigenvalue weighted by Crippen LogP contribution is 2.31. The Labute approximate surface area is 171 Å². The van der Waals surface area contributed by atoms with Crippen LogP contribution in [0.3, 0.4) is 0 Å². The zero-order valence-corrected chi connectivity index (χ0v) is 16.9. The second-order valence-corrected chi connectivity index (χ2v) is 8.80. The van der Waals surface area contributed by atoms with Gasteiger partial charge in [-0.3, -0.25) is 4.79 Å². The number of carbonyl (C=O) groups excluding carboxylic acids is 1. The average molecular weight is 407 g/mol. The predicted octanol–water partition coefficient (Wildman–Crippen LogP) is 3.66. The molecule has 0 saturated heterocycles. The summed E-state index contributed by atoms with van der Waals surface area (Å²) in [5, 5.41) is 0. The number of nitrogens with zero attached hydrogens (tertiary/aromatic N) is 1. The van der Waals surface area contributed by atoms with E-state index in [9.17, 15) is 13.2 Å². The molecular weight excluding hydrogens is 384 g/mol. The molecule has 1 heterocycles. The number of amides is 1. The van der Waals surface area contributed by atoms with Gasteiger partial charge in [0.15, 0.2) is 0 Å². The quantitative estimate of drug-likeness (QED) is 0.703. The Kier molecular flexibility index (Phi) is 5.22. The molecule has 5 nitrogen and oxygen atoms in total. The van der Waals surface area contributed by atoms with Crippen LogP contribution in [0.2, 0.25) is 0 Å². The topological polar surface area (TPSA) is 66.5 Å². The van der Waals surface area contributed by atoms with Crippen LogP contribution in [0.15, 0.2) is 83.8 Å². The summed E-state index contributed by atoms with van der Waals surface area (Å²) in [5.74, 6) is -0.0364. The minimum absolute atomic E-state index is 0.0364. The molecule has 1 N–H and O–H groups in total. The van der Waals surface area contributed by atoms with E-state index in [0.29, 0.717) is 13.0 Å². The van der Waals surface area contributed by atoms with Crippen LogP contribution in [0.5, 0.6) is 0 Å². The normalized spacial score (nSPS) is 13.5. The fraction of sp³-hybridized carbons (Fsp3) is 0.174. The van der Waals surface area contributed by atoms with Crippen LogP contribution in [0.4, 0.5) is 5.69 Å². The molecule has 0 fully saturated rings. The Hall–Kier alpha value is -2.96. The lowest BCUT2D eigenvalue weighted by molar-refractivity contribution is -0.116. The molecule has 6 heteroatoms. The lowest BCUT2D eigenvalue weighted by atomic mass is 10.00. The van der Waals surface area contributed by atoms with Gasteiger partial charge in [-0.1, -0.05) is 60.7 Å². The van der Waals surface area contributed by atoms with Crippen LogP contribution < -0.4 is 9.62 Å². The van der Waals surface area contributed by atoms with Gasteiger partial charge >= 0.3 is 0 Å². The zero-order valence-electron chi connectivity index (χ0n) is 16.1. The monoisotopic (exact) mass is 406 g/mol. The first-order valence-electron chi connectivity index (χ1n) is 9.49. The lowest BCUT2D eigenvalue weighted by Crippen LogP contribution is -2.29. The molecule has 148 valence electrons. The van der Waals surface area contributed by atoms with Gasteiger partial charge in [-0.2, -0.15) is 4.72 Å². The summed E-state index contributed by atoms with van der Waals surface area (Å²) in [6.07, 6.45) is 0.652. The van der Waals surface area contributed by atoms with Crippen molar-refractivity contribution in [2.45, 2.75) is 24.3 Å². The van der Waals surface area contributed by atoms with Crippen LogP contribution in [0.25, 0.3) is 0 Å². The average Bonchev–Trinajstić information content (AvgIpc) is 3.17. The molecule has 0 aromatic heterocycles. The van der Waals surface area contributed by atoms with Gasteiger partial charge < -0.3 is 4.90 Å². The summed E-state index contributed by atoms with van der Waals surface area (Å²) in [4.78, 5) is 13.6. The number of hydrogen-bond donors (Lipinski definition) is 1. The number of benzene rings is 3. The molecule has 29 heavy (non-hydrogen) atoms. The third-order valence-corrected chi connectivity index (χ3v) is 6.60. The molecule has 0 aliphatic carbocycles. The van der Waals surface area contributed by atoms with Gasteiger partial charge in [0.25, 0.3) is 0 Å². The van der Waals surface area contributed by atoms with Crippen molar-refractivity contribution in [3.63, 3.8) is 0 Å². The summed E-state index contributed by atoms with van der Waals surface area (Å²) in [7, 11) is -3.77. The molecule has 0 bridgehead atoms. The lowest BCUT2D eigenvalue weighted by Gasteiger charge is -2.20. The Bertz CT molecular complexity index is 1090. The van der Waals surface area contributed by atoms with Gasteiger partial charge in [-0.15, -0.1) is 0 Å². The van der Waals surface area contributed by atoms with E-state index < -0.39 is 16.1 Å². The first-order chi connectivity index (χ1) is 14.0. The van der Waals surface area contributed by atoms with E-state index >= 15 is 0 Å². The number of sulfonamides is 1. The summed E-state index contributed by atoms with van der Waals surface area (Å²) < 4.78 is 29.3. The summed E-state index contributed by atoms with van der Waals surface area (Å²) >= 11 is 0. The Morgan fingerprint density at radius 2 is 1.52 bits per heavy atom. The van der Waals surface area contributed by atoms with E-state index in [1.165, 1.54) is 6.92 Å². The van der Waals surface area contributed by atoms with Crippen LogP contribution >= 0.6 is 0 Å². The SMILES string of the molecule is CC(=O)N1CCc2cc(S(=O)(=O)NC(c3ccccc3)c3ccccc3)ccc21. The maximum atomic E-state index is 13.2. The smallest absolute Gasteiger partial charge is 0.241 e. The molecule has 3 aromatic carbocycles. The highest BCUT2D eigenvalue weighted by atomic mass is 32.2. The molecule has 1 aliphatic heterocycles. The summed E-state index contributed by atoms with van der Waals surface area (Å²) in [5.41, 5.74) is 3.40. The van der Waals surface area contributed by atoms with Gasteiger partial charge in [0.2, 0.25) is 15.9 Å². The standard InChI is InChI=1S/C23H22N2O3S/c1-17(26)25-15-14-20-16-21(12-13-22(20)25)29(27,28)24-23(18-8-4-2-5-9-18)19-10-6-3-7-11-19/h2-13,16,23-24H,14-15H2,1H3. The number of carbonyl (C=O) groups is 1. The molecule has 0 unspecified atom stereocenters. The Balaban J connectivity index is 1.69. The number of fused-ring (bicyclic) bond motifs is 1. The van der Waals surface area contributed by atoms with E-state index in [1.807, 2.05) is 60.7 Å². The molecule has 1 aliphatic rings. The van der Waals surface area contributed by atoms with Crippen molar-refractivity contribution in [1.29, 1.82) is 0 Å². The Morgan fingerprint density at radius 3 is 2.07 bits per heavy atom. The number of anilines is 1. The fourth-order valence-electron chi connectivity index (χ4n) is 3.72. The highest BCUT2D eigenvalue weighted by Gasteiger charge is 2.27. The van der Waals surface area contributed by atoms with Crippen LogP contribution in [0, 0.1) is 0 Å².